The summed E-state index contributed by atoms with van der Waals surface area (Å²) in [5.74, 6) is -1.48. The van der Waals surface area contributed by atoms with E-state index in [4.69, 9.17) is 4.74 Å². The number of halogens is 3. The highest BCUT2D eigenvalue weighted by molar-refractivity contribution is 5.77. The molecule has 1 N–H and O–H groups in total. The van der Waals surface area contributed by atoms with E-state index in [2.05, 4.69) is 5.32 Å². The smallest absolute Gasteiger partial charge is 0.371 e. The summed E-state index contributed by atoms with van der Waals surface area (Å²) >= 11 is 0. The molecule has 3 nitrogen and oxygen atoms in total. The second kappa shape index (κ2) is 8.34. The Labute approximate surface area is 134 Å². The number of nitrogens with one attached hydrogen (secondary N) is 1. The monoisotopic (exact) mass is 329 g/mol. The molecule has 6 heteroatoms. The Morgan fingerprint density at radius 3 is 2.39 bits per heavy atom. The topological polar surface area (TPSA) is 38.3 Å². The third kappa shape index (κ3) is 6.22. The lowest BCUT2D eigenvalue weighted by molar-refractivity contribution is -0.182. The van der Waals surface area contributed by atoms with Gasteiger partial charge in [-0.25, -0.2) is 0 Å². The van der Waals surface area contributed by atoms with Crippen LogP contribution < -0.4 is 5.32 Å². The van der Waals surface area contributed by atoms with Crippen molar-refractivity contribution in [3.8, 4) is 0 Å². The first-order valence-electron chi connectivity index (χ1n) is 7.93. The van der Waals surface area contributed by atoms with Gasteiger partial charge in [-0.15, -0.1) is 0 Å². The van der Waals surface area contributed by atoms with Gasteiger partial charge in [0, 0.05) is 6.04 Å². The Morgan fingerprint density at radius 2 is 1.78 bits per heavy atom. The van der Waals surface area contributed by atoms with Gasteiger partial charge in [-0.05, 0) is 37.7 Å². The van der Waals surface area contributed by atoms with E-state index in [0.717, 1.165) is 12.0 Å². The van der Waals surface area contributed by atoms with Crippen LogP contribution in [0.25, 0.3) is 0 Å². The van der Waals surface area contributed by atoms with Crippen molar-refractivity contribution in [1.29, 1.82) is 0 Å². The molecule has 2 rings (SSSR count). The molecule has 0 radical (unpaired) electrons. The van der Waals surface area contributed by atoms with Gasteiger partial charge in [-0.2, -0.15) is 13.2 Å². The average Bonchev–Trinajstić information content (AvgIpc) is 2.52. The van der Waals surface area contributed by atoms with Gasteiger partial charge in [-0.3, -0.25) is 4.79 Å². The third-order valence-corrected chi connectivity index (χ3v) is 4.17. The van der Waals surface area contributed by atoms with Gasteiger partial charge in [-0.1, -0.05) is 30.3 Å². The molecule has 1 aliphatic carbocycles. The Bertz CT molecular complexity index is 482. The fourth-order valence-electron chi connectivity index (χ4n) is 2.83. The molecular weight excluding hydrogens is 307 g/mol. The van der Waals surface area contributed by atoms with Gasteiger partial charge in [0.25, 0.3) is 0 Å². The molecule has 128 valence electrons. The molecule has 0 saturated heterocycles. The van der Waals surface area contributed by atoms with E-state index in [1.807, 2.05) is 30.3 Å². The zero-order chi connectivity index (χ0) is 16.7. The zero-order valence-corrected chi connectivity index (χ0v) is 12.9. The molecule has 1 aromatic carbocycles. The lowest BCUT2D eigenvalue weighted by atomic mass is 9.85. The molecule has 0 spiro atoms. The first kappa shape index (κ1) is 17.8. The van der Waals surface area contributed by atoms with Crippen LogP contribution in [0, 0.1) is 5.92 Å². The van der Waals surface area contributed by atoms with Gasteiger partial charge in [0.1, 0.15) is 6.61 Å². The Morgan fingerprint density at radius 1 is 1.13 bits per heavy atom. The number of alkyl halides is 3. The standard InChI is InChI=1S/C17H22F3NO2/c18-17(19,20)14-6-8-15(9-7-14)21-16(22)12-23-11-10-13-4-2-1-3-5-13/h1-5,14-15H,6-12H2,(H,21,22). The molecule has 1 fully saturated rings. The molecule has 23 heavy (non-hydrogen) atoms. The van der Waals surface area contributed by atoms with Crippen LogP contribution in [0.15, 0.2) is 30.3 Å². The molecule has 0 unspecified atom stereocenters. The van der Waals surface area contributed by atoms with Crippen LogP contribution in [0.3, 0.4) is 0 Å². The maximum absolute atomic E-state index is 12.6. The van der Waals surface area contributed by atoms with Crippen molar-refractivity contribution in [2.45, 2.75) is 44.3 Å². The van der Waals surface area contributed by atoms with Crippen molar-refractivity contribution in [3.63, 3.8) is 0 Å². The fraction of sp³-hybridized carbons (Fsp3) is 0.588. The molecule has 0 bridgehead atoms. The summed E-state index contributed by atoms with van der Waals surface area (Å²) in [6, 6.07) is 9.63. The lowest BCUT2D eigenvalue weighted by Gasteiger charge is -2.30. The predicted molar refractivity (Wildman–Crippen MR) is 80.9 cm³/mol. The van der Waals surface area contributed by atoms with Crippen LogP contribution in [-0.2, 0) is 16.0 Å². The van der Waals surface area contributed by atoms with Gasteiger partial charge in [0.2, 0.25) is 5.91 Å². The van der Waals surface area contributed by atoms with Crippen molar-refractivity contribution >= 4 is 5.91 Å². The van der Waals surface area contributed by atoms with Crippen molar-refractivity contribution in [1.82, 2.24) is 5.32 Å². The van der Waals surface area contributed by atoms with Crippen LogP contribution in [0.4, 0.5) is 13.2 Å². The van der Waals surface area contributed by atoms with E-state index in [0.29, 0.717) is 19.4 Å². The molecule has 0 aliphatic heterocycles. The SMILES string of the molecule is O=C(COCCc1ccccc1)NC1CCC(C(F)(F)F)CC1. The van der Waals surface area contributed by atoms with E-state index in [1.165, 1.54) is 0 Å². The fourth-order valence-corrected chi connectivity index (χ4v) is 2.83. The number of carbonyl (C=O) groups is 1. The predicted octanol–water partition coefficient (Wildman–Crippen LogP) is 3.48. The minimum absolute atomic E-state index is 0.0496. The molecule has 1 amide bonds. The Balaban J connectivity index is 1.59. The van der Waals surface area contributed by atoms with Gasteiger partial charge in [0.05, 0.1) is 12.5 Å². The lowest BCUT2D eigenvalue weighted by Crippen LogP contribution is -2.41. The molecule has 0 aromatic heterocycles. The Kier molecular flexibility index (Phi) is 6.45. The minimum Gasteiger partial charge on any atom is -0.371 e. The maximum Gasteiger partial charge on any atom is 0.391 e. The second-order valence-electron chi connectivity index (χ2n) is 5.95. The number of ether oxygens (including phenoxy) is 1. The number of carbonyl (C=O) groups excluding carboxylic acids is 1. The van der Waals surface area contributed by atoms with E-state index in [9.17, 15) is 18.0 Å². The van der Waals surface area contributed by atoms with E-state index in [-0.39, 0.29) is 31.4 Å². The quantitative estimate of drug-likeness (QED) is 0.812. The molecule has 0 atom stereocenters. The van der Waals surface area contributed by atoms with Crippen molar-refractivity contribution in [3.05, 3.63) is 35.9 Å². The summed E-state index contributed by atoms with van der Waals surface area (Å²) in [6.07, 6.45) is -2.47. The number of hydrogen-bond acceptors (Lipinski definition) is 2. The van der Waals surface area contributed by atoms with E-state index in [1.54, 1.807) is 0 Å². The minimum atomic E-state index is -4.12. The third-order valence-electron chi connectivity index (χ3n) is 4.17. The first-order chi connectivity index (χ1) is 10.9. The summed E-state index contributed by atoms with van der Waals surface area (Å²) in [4.78, 5) is 11.7. The summed E-state index contributed by atoms with van der Waals surface area (Å²) in [6.45, 7) is 0.393. The zero-order valence-electron chi connectivity index (χ0n) is 12.9. The number of benzene rings is 1. The van der Waals surface area contributed by atoms with E-state index < -0.39 is 12.1 Å². The van der Waals surface area contributed by atoms with Crippen LogP contribution in [0.2, 0.25) is 0 Å². The summed E-state index contributed by atoms with van der Waals surface area (Å²) in [7, 11) is 0. The second-order valence-corrected chi connectivity index (χ2v) is 5.95. The maximum atomic E-state index is 12.6. The Hall–Kier alpha value is -1.56. The summed E-state index contributed by atoms with van der Waals surface area (Å²) in [5.41, 5.74) is 1.14. The number of amides is 1. The largest absolute Gasteiger partial charge is 0.391 e. The van der Waals surface area contributed by atoms with Gasteiger partial charge in [0.15, 0.2) is 0 Å². The average molecular weight is 329 g/mol. The normalized spacial score (nSPS) is 21.9. The summed E-state index contributed by atoms with van der Waals surface area (Å²) in [5, 5.41) is 2.76. The van der Waals surface area contributed by atoms with Crippen LogP contribution in [0.1, 0.15) is 31.2 Å². The summed E-state index contributed by atoms with van der Waals surface area (Å²) < 4.78 is 43.0. The molecule has 0 heterocycles. The first-order valence-corrected chi connectivity index (χ1v) is 7.93. The van der Waals surface area contributed by atoms with Crippen LogP contribution >= 0.6 is 0 Å². The van der Waals surface area contributed by atoms with Crippen molar-refractivity contribution in [2.24, 2.45) is 5.92 Å². The highest BCUT2D eigenvalue weighted by atomic mass is 19.4. The van der Waals surface area contributed by atoms with Gasteiger partial charge < -0.3 is 10.1 Å². The highest BCUT2D eigenvalue weighted by Crippen LogP contribution is 2.37. The van der Waals surface area contributed by atoms with Crippen LogP contribution in [-0.4, -0.2) is 31.3 Å². The number of hydrogen-bond donors (Lipinski definition) is 1. The molecular formula is C17H22F3NO2. The molecule has 1 saturated carbocycles. The van der Waals surface area contributed by atoms with Gasteiger partial charge >= 0.3 is 6.18 Å². The van der Waals surface area contributed by atoms with Crippen molar-refractivity contribution in [2.75, 3.05) is 13.2 Å². The molecule has 1 aromatic rings. The highest BCUT2D eigenvalue weighted by Gasteiger charge is 2.41. The van der Waals surface area contributed by atoms with Crippen LogP contribution in [0.5, 0.6) is 0 Å². The van der Waals surface area contributed by atoms with Crippen molar-refractivity contribution < 1.29 is 22.7 Å². The van der Waals surface area contributed by atoms with E-state index >= 15 is 0 Å². The molecule has 1 aliphatic rings. The number of rotatable bonds is 6.